The van der Waals surface area contributed by atoms with Crippen LogP contribution in [0.2, 0.25) is 0 Å². The topological polar surface area (TPSA) is 58.5 Å². The van der Waals surface area contributed by atoms with Crippen molar-refractivity contribution in [3.05, 3.63) is 0 Å². The number of nitrogens with zero attached hydrogens (tertiary/aromatic N) is 1. The van der Waals surface area contributed by atoms with Gasteiger partial charge in [-0.3, -0.25) is 0 Å². The highest BCUT2D eigenvalue weighted by atomic mass is 32.2. The van der Waals surface area contributed by atoms with E-state index in [1.54, 1.807) is 0 Å². The molecule has 1 heterocycles. The molecule has 0 bridgehead atoms. The Kier molecular flexibility index (Phi) is 1.24. The molecule has 0 aliphatic carbocycles. The van der Waals surface area contributed by atoms with Gasteiger partial charge in [-0.1, -0.05) is 0 Å². The Morgan fingerprint density at radius 1 is 1.67 bits per heavy atom. The monoisotopic (exact) mass is 156 g/mol. The minimum Gasteiger partial charge on any atom is -0.219 e. The van der Waals surface area contributed by atoms with Crippen molar-refractivity contribution in [1.82, 2.24) is 4.72 Å². The minimum atomic E-state index is -4.06. The summed E-state index contributed by atoms with van der Waals surface area (Å²) < 4.78 is 47.3. The summed E-state index contributed by atoms with van der Waals surface area (Å²) in [7, 11) is -4.06. The largest absolute Gasteiger partial charge is 0.325 e. The summed E-state index contributed by atoms with van der Waals surface area (Å²) in [4.78, 5) is 0. The first-order valence-corrected chi connectivity index (χ1v) is 3.37. The molecule has 0 radical (unpaired) electrons. The zero-order chi connectivity index (χ0) is 7.07. The Hall–Kier alpha value is -0.560. The van der Waals surface area contributed by atoms with Crippen LogP contribution in [0.4, 0.5) is 8.78 Å². The van der Waals surface area contributed by atoms with E-state index in [4.69, 9.17) is 0 Å². The molecule has 0 amide bonds. The first-order valence-electron chi connectivity index (χ1n) is 1.93. The highest BCUT2D eigenvalue weighted by Crippen LogP contribution is 2.06. The van der Waals surface area contributed by atoms with Crippen LogP contribution in [0.25, 0.3) is 0 Å². The standard InChI is InChI=1S/C2H2F2N2O2S/c3-1-2(4)6-9(7,8)5-1/h1,5H. The average Bonchev–Trinajstić information content (AvgIpc) is 1.79. The van der Waals surface area contributed by atoms with Crippen molar-refractivity contribution in [1.29, 1.82) is 0 Å². The Morgan fingerprint density at radius 3 is 2.33 bits per heavy atom. The van der Waals surface area contributed by atoms with Crippen molar-refractivity contribution < 1.29 is 17.2 Å². The number of hydrogen-bond donors (Lipinski definition) is 1. The molecule has 1 aliphatic rings. The van der Waals surface area contributed by atoms with E-state index in [-0.39, 0.29) is 0 Å². The van der Waals surface area contributed by atoms with E-state index < -0.39 is 22.5 Å². The SMILES string of the molecule is O=S1(=O)N=C(F)C(F)N1. The van der Waals surface area contributed by atoms with E-state index in [9.17, 15) is 17.2 Å². The number of nitrogens with one attached hydrogen (secondary N) is 1. The average molecular weight is 156 g/mol. The Balaban J connectivity index is 3.01. The zero-order valence-electron chi connectivity index (χ0n) is 4.01. The predicted molar refractivity (Wildman–Crippen MR) is 25.5 cm³/mol. The van der Waals surface area contributed by atoms with Gasteiger partial charge in [0.15, 0.2) is 0 Å². The summed E-state index contributed by atoms with van der Waals surface area (Å²) in [6.45, 7) is 0. The van der Waals surface area contributed by atoms with Crippen LogP contribution < -0.4 is 4.72 Å². The molecule has 0 aromatic carbocycles. The summed E-state index contributed by atoms with van der Waals surface area (Å²) in [6.07, 6.45) is -2.30. The van der Waals surface area contributed by atoms with Crippen LogP contribution in [0, 0.1) is 0 Å². The Bertz CT molecular complexity index is 245. The lowest BCUT2D eigenvalue weighted by molar-refractivity contribution is 0.389. The second kappa shape index (κ2) is 1.71. The molecule has 52 valence electrons. The fourth-order valence-electron chi connectivity index (χ4n) is 0.367. The second-order valence-electron chi connectivity index (χ2n) is 1.37. The van der Waals surface area contributed by atoms with E-state index >= 15 is 0 Å². The third-order valence-electron chi connectivity index (χ3n) is 0.669. The van der Waals surface area contributed by atoms with Gasteiger partial charge in [-0.25, -0.2) is 4.39 Å². The maximum absolute atomic E-state index is 11.8. The molecule has 1 rings (SSSR count). The van der Waals surface area contributed by atoms with E-state index in [0.717, 1.165) is 0 Å². The van der Waals surface area contributed by atoms with Crippen LogP contribution in [0.15, 0.2) is 4.40 Å². The number of hydrogen-bond acceptors (Lipinski definition) is 2. The van der Waals surface area contributed by atoms with Crippen molar-refractivity contribution in [2.24, 2.45) is 4.40 Å². The highest BCUT2D eigenvalue weighted by molar-refractivity contribution is 7.88. The summed E-state index contributed by atoms with van der Waals surface area (Å²) in [5.41, 5.74) is 0. The first kappa shape index (κ1) is 6.56. The molecule has 0 spiro atoms. The fourth-order valence-corrected chi connectivity index (χ4v) is 1.10. The lowest BCUT2D eigenvalue weighted by atomic mass is 10.7. The van der Waals surface area contributed by atoms with Gasteiger partial charge in [0.1, 0.15) is 0 Å². The molecule has 1 aliphatic heterocycles. The van der Waals surface area contributed by atoms with E-state index in [1.165, 1.54) is 4.72 Å². The van der Waals surface area contributed by atoms with Gasteiger partial charge in [0, 0.05) is 0 Å². The Morgan fingerprint density at radius 2 is 2.22 bits per heavy atom. The molecule has 7 heteroatoms. The third-order valence-corrected chi connectivity index (χ3v) is 1.59. The predicted octanol–water partition coefficient (Wildman–Crippen LogP) is -0.502. The smallest absolute Gasteiger partial charge is 0.219 e. The van der Waals surface area contributed by atoms with Gasteiger partial charge in [-0.2, -0.15) is 17.5 Å². The zero-order valence-corrected chi connectivity index (χ0v) is 4.82. The number of alkyl halides is 1. The van der Waals surface area contributed by atoms with Crippen LogP contribution in [-0.4, -0.2) is 20.7 Å². The van der Waals surface area contributed by atoms with Gasteiger partial charge < -0.3 is 0 Å². The van der Waals surface area contributed by atoms with E-state index in [1.807, 2.05) is 0 Å². The fraction of sp³-hybridized carbons (Fsp3) is 0.500. The highest BCUT2D eigenvalue weighted by Gasteiger charge is 2.30. The summed E-state index contributed by atoms with van der Waals surface area (Å²) in [6, 6.07) is 0. The number of rotatable bonds is 0. The van der Waals surface area contributed by atoms with E-state index in [0.29, 0.717) is 0 Å². The molecule has 0 aromatic heterocycles. The molecule has 0 saturated heterocycles. The van der Waals surface area contributed by atoms with Crippen LogP contribution in [0.5, 0.6) is 0 Å². The summed E-state index contributed by atoms with van der Waals surface area (Å²) >= 11 is 0. The van der Waals surface area contributed by atoms with Gasteiger partial charge >= 0.3 is 10.2 Å². The van der Waals surface area contributed by atoms with Crippen molar-refractivity contribution in [3.63, 3.8) is 0 Å². The maximum atomic E-state index is 11.8. The molecular weight excluding hydrogens is 154 g/mol. The summed E-state index contributed by atoms with van der Waals surface area (Å²) in [5, 5.41) is 0. The van der Waals surface area contributed by atoms with Crippen molar-refractivity contribution in [3.8, 4) is 0 Å². The quantitative estimate of drug-likeness (QED) is 0.480. The molecule has 0 fully saturated rings. The molecule has 4 nitrogen and oxygen atoms in total. The molecule has 0 aromatic rings. The Labute approximate surface area is 49.8 Å². The van der Waals surface area contributed by atoms with E-state index in [2.05, 4.69) is 4.40 Å². The molecule has 1 atom stereocenters. The lowest BCUT2D eigenvalue weighted by Crippen LogP contribution is -2.25. The molecule has 9 heavy (non-hydrogen) atoms. The van der Waals surface area contributed by atoms with Crippen LogP contribution >= 0.6 is 0 Å². The normalized spacial score (nSPS) is 32.2. The van der Waals surface area contributed by atoms with Crippen molar-refractivity contribution >= 4 is 16.2 Å². The minimum absolute atomic E-state index is 1.27. The van der Waals surface area contributed by atoms with Gasteiger partial charge in [-0.15, -0.1) is 4.40 Å². The van der Waals surface area contributed by atoms with Gasteiger partial charge in [0.05, 0.1) is 0 Å². The third kappa shape index (κ3) is 1.22. The van der Waals surface area contributed by atoms with Crippen LogP contribution in [-0.2, 0) is 10.2 Å². The van der Waals surface area contributed by atoms with Gasteiger partial charge in [0.2, 0.25) is 6.30 Å². The second-order valence-corrected chi connectivity index (χ2v) is 2.74. The lowest BCUT2D eigenvalue weighted by Gasteiger charge is -1.90. The first-order chi connectivity index (χ1) is 4.01. The van der Waals surface area contributed by atoms with Crippen molar-refractivity contribution in [2.75, 3.05) is 0 Å². The molecule has 0 saturated carbocycles. The van der Waals surface area contributed by atoms with Crippen LogP contribution in [0.1, 0.15) is 0 Å². The van der Waals surface area contributed by atoms with Crippen molar-refractivity contribution in [2.45, 2.75) is 6.30 Å². The van der Waals surface area contributed by atoms with Gasteiger partial charge in [-0.05, 0) is 0 Å². The number of halogens is 2. The molecule has 1 N–H and O–H groups in total. The van der Waals surface area contributed by atoms with Crippen LogP contribution in [0.3, 0.4) is 0 Å². The van der Waals surface area contributed by atoms with Gasteiger partial charge in [0.25, 0.3) is 5.97 Å². The maximum Gasteiger partial charge on any atom is 0.325 e. The molecular formula is C2H2F2N2O2S. The molecule has 1 unspecified atom stereocenters. The summed E-state index contributed by atoms with van der Waals surface area (Å²) in [5.74, 6) is -1.55.